The van der Waals surface area contributed by atoms with Gasteiger partial charge in [0.25, 0.3) is 5.91 Å². The van der Waals surface area contributed by atoms with Gasteiger partial charge in [-0.3, -0.25) is 14.3 Å². The Hall–Kier alpha value is -2.72. The van der Waals surface area contributed by atoms with Gasteiger partial charge in [0.1, 0.15) is 12.4 Å². The van der Waals surface area contributed by atoms with Crippen molar-refractivity contribution in [3.63, 3.8) is 0 Å². The molecule has 0 aromatic carbocycles. The van der Waals surface area contributed by atoms with E-state index in [9.17, 15) is 9.59 Å². The average molecular weight is 377 g/mol. The molecule has 1 saturated heterocycles. The van der Waals surface area contributed by atoms with E-state index in [1.165, 1.54) is 0 Å². The molecule has 1 aliphatic heterocycles. The van der Waals surface area contributed by atoms with Gasteiger partial charge in [0.05, 0.1) is 19.3 Å². The predicted molar refractivity (Wildman–Crippen MR) is 93.1 cm³/mol. The van der Waals surface area contributed by atoms with Crippen LogP contribution in [-0.2, 0) is 20.8 Å². The first-order valence-corrected chi connectivity index (χ1v) is 8.67. The topological polar surface area (TPSA) is 112 Å². The summed E-state index contributed by atoms with van der Waals surface area (Å²) in [7, 11) is 1.59. The van der Waals surface area contributed by atoms with Crippen LogP contribution < -0.4 is 5.32 Å². The second-order valence-electron chi connectivity index (χ2n) is 6.25. The number of rotatable bonds is 8. The van der Waals surface area contributed by atoms with Crippen molar-refractivity contribution in [3.05, 3.63) is 35.5 Å². The molecule has 1 aliphatic rings. The largest absolute Gasteiger partial charge is 0.383 e. The zero-order valence-electron chi connectivity index (χ0n) is 15.4. The summed E-state index contributed by atoms with van der Waals surface area (Å²) in [5, 5.41) is 10.8. The van der Waals surface area contributed by atoms with Gasteiger partial charge in [-0.15, -0.1) is 0 Å². The fraction of sp³-hybridized carbons (Fsp3) is 0.529. The molecule has 10 nitrogen and oxygen atoms in total. The molecule has 1 fully saturated rings. The molecule has 146 valence electrons. The summed E-state index contributed by atoms with van der Waals surface area (Å²) in [6.07, 6.45) is 3.18. The number of aromatic nitrogens is 3. The summed E-state index contributed by atoms with van der Waals surface area (Å²) in [5.74, 6) is 0.141. The Morgan fingerprint density at radius 3 is 3.07 bits per heavy atom. The first-order chi connectivity index (χ1) is 13.1. The average Bonchev–Trinajstić information content (AvgIpc) is 3.30. The van der Waals surface area contributed by atoms with Crippen LogP contribution in [0.3, 0.4) is 0 Å². The second-order valence-corrected chi connectivity index (χ2v) is 6.25. The van der Waals surface area contributed by atoms with E-state index in [4.69, 9.17) is 14.0 Å². The van der Waals surface area contributed by atoms with Crippen molar-refractivity contribution in [2.45, 2.75) is 19.6 Å². The lowest BCUT2D eigenvalue weighted by molar-refractivity contribution is -0.149. The molecule has 0 aliphatic carbocycles. The number of morpholine rings is 1. The summed E-state index contributed by atoms with van der Waals surface area (Å²) in [6.45, 7) is 3.77. The highest BCUT2D eigenvalue weighted by Gasteiger charge is 2.27. The van der Waals surface area contributed by atoms with E-state index in [0.717, 1.165) is 0 Å². The fourth-order valence-electron chi connectivity index (χ4n) is 2.82. The monoisotopic (exact) mass is 377 g/mol. The molecule has 0 bridgehead atoms. The molecule has 2 aromatic rings. The van der Waals surface area contributed by atoms with Crippen molar-refractivity contribution in [3.8, 4) is 0 Å². The smallest absolute Gasteiger partial charge is 0.273 e. The Morgan fingerprint density at radius 1 is 1.48 bits per heavy atom. The van der Waals surface area contributed by atoms with Crippen LogP contribution in [0.1, 0.15) is 21.8 Å². The predicted octanol–water partition coefficient (Wildman–Crippen LogP) is -0.169. The number of ether oxygens (including phenoxy) is 2. The number of hydrogen-bond donors (Lipinski definition) is 1. The fourth-order valence-corrected chi connectivity index (χ4v) is 2.82. The van der Waals surface area contributed by atoms with Crippen LogP contribution >= 0.6 is 0 Å². The molecule has 1 atom stereocenters. The number of methoxy groups -OCH3 is 1. The van der Waals surface area contributed by atoms with Gasteiger partial charge in [-0.05, 0) is 13.0 Å². The van der Waals surface area contributed by atoms with E-state index >= 15 is 0 Å². The van der Waals surface area contributed by atoms with Gasteiger partial charge in [-0.25, -0.2) is 0 Å². The van der Waals surface area contributed by atoms with Crippen LogP contribution in [0.2, 0.25) is 0 Å². The van der Waals surface area contributed by atoms with Crippen LogP contribution in [0, 0.1) is 6.92 Å². The van der Waals surface area contributed by atoms with Crippen LogP contribution in [0.4, 0.5) is 0 Å². The van der Waals surface area contributed by atoms with E-state index in [-0.39, 0.29) is 36.8 Å². The van der Waals surface area contributed by atoms with Crippen molar-refractivity contribution in [1.29, 1.82) is 0 Å². The summed E-state index contributed by atoms with van der Waals surface area (Å²) in [4.78, 5) is 26.1. The van der Waals surface area contributed by atoms with Crippen molar-refractivity contribution in [2.75, 3.05) is 40.0 Å². The molecule has 3 heterocycles. The van der Waals surface area contributed by atoms with E-state index < -0.39 is 0 Å². The van der Waals surface area contributed by atoms with Crippen molar-refractivity contribution in [2.24, 2.45) is 0 Å². The molecule has 0 spiro atoms. The number of amides is 2. The Morgan fingerprint density at radius 2 is 2.33 bits per heavy atom. The Labute approximate surface area is 156 Å². The highest BCUT2D eigenvalue weighted by Crippen LogP contribution is 2.15. The molecular formula is C17H23N5O5. The van der Waals surface area contributed by atoms with Crippen LogP contribution in [-0.4, -0.2) is 77.7 Å². The Bertz CT molecular complexity index is 773. The molecule has 0 saturated carbocycles. The third-order valence-corrected chi connectivity index (χ3v) is 4.35. The van der Waals surface area contributed by atoms with E-state index in [1.54, 1.807) is 42.1 Å². The first kappa shape index (κ1) is 19.1. The van der Waals surface area contributed by atoms with E-state index in [2.05, 4.69) is 15.6 Å². The summed E-state index contributed by atoms with van der Waals surface area (Å²) < 4.78 is 17.4. The molecule has 1 N–H and O–H groups in total. The number of carbonyl (C=O) groups is 2. The number of nitrogens with one attached hydrogen (secondary N) is 1. The highest BCUT2D eigenvalue weighted by molar-refractivity contribution is 5.93. The highest BCUT2D eigenvalue weighted by atomic mass is 16.5. The van der Waals surface area contributed by atoms with Crippen LogP contribution in [0.15, 0.2) is 23.0 Å². The van der Waals surface area contributed by atoms with E-state index in [0.29, 0.717) is 37.6 Å². The van der Waals surface area contributed by atoms with Crippen molar-refractivity contribution in [1.82, 2.24) is 25.2 Å². The van der Waals surface area contributed by atoms with Gasteiger partial charge in [0, 0.05) is 44.7 Å². The van der Waals surface area contributed by atoms with Gasteiger partial charge in [-0.2, -0.15) is 5.10 Å². The van der Waals surface area contributed by atoms with Crippen molar-refractivity contribution < 1.29 is 23.6 Å². The molecule has 10 heteroatoms. The maximum atomic E-state index is 12.5. The number of nitrogens with zero attached hydrogens (tertiary/aromatic N) is 4. The van der Waals surface area contributed by atoms with Crippen molar-refractivity contribution >= 4 is 11.8 Å². The van der Waals surface area contributed by atoms with E-state index in [1.807, 2.05) is 0 Å². The third kappa shape index (κ3) is 4.72. The Kier molecular flexibility index (Phi) is 6.20. The molecule has 1 unspecified atom stereocenters. The minimum Gasteiger partial charge on any atom is -0.383 e. The minimum atomic E-state index is -0.349. The molecule has 2 amide bonds. The number of hydrogen-bond acceptors (Lipinski definition) is 7. The summed E-state index contributed by atoms with van der Waals surface area (Å²) in [6, 6.07) is 1.81. The number of aryl methyl sites for hydroxylation is 1. The molecular weight excluding hydrogens is 354 g/mol. The third-order valence-electron chi connectivity index (χ3n) is 4.35. The zero-order valence-corrected chi connectivity index (χ0v) is 15.4. The normalized spacial score (nSPS) is 17.3. The SMILES string of the molecule is COCCN1CC(CNC(=O)c2noc(C)c2Cn2cccn2)OCC1=O. The summed E-state index contributed by atoms with van der Waals surface area (Å²) >= 11 is 0. The lowest BCUT2D eigenvalue weighted by Crippen LogP contribution is -2.51. The maximum absolute atomic E-state index is 12.5. The zero-order chi connectivity index (χ0) is 19.2. The second kappa shape index (κ2) is 8.78. The quantitative estimate of drug-likeness (QED) is 0.680. The minimum absolute atomic E-state index is 0.00211. The number of carbonyl (C=O) groups excluding carboxylic acids is 2. The molecule has 27 heavy (non-hydrogen) atoms. The van der Waals surface area contributed by atoms with Crippen LogP contribution in [0.5, 0.6) is 0 Å². The lowest BCUT2D eigenvalue weighted by atomic mass is 10.1. The van der Waals surface area contributed by atoms with Gasteiger partial charge in [-0.1, -0.05) is 5.16 Å². The van der Waals surface area contributed by atoms with Gasteiger partial charge >= 0.3 is 0 Å². The molecule has 2 aromatic heterocycles. The lowest BCUT2D eigenvalue weighted by Gasteiger charge is -2.32. The molecule has 0 radical (unpaired) electrons. The molecule has 3 rings (SSSR count). The maximum Gasteiger partial charge on any atom is 0.273 e. The Balaban J connectivity index is 1.57. The summed E-state index contributed by atoms with van der Waals surface area (Å²) in [5.41, 5.74) is 0.906. The standard InChI is InChI=1S/C17H23N5O5/c1-12-14(10-22-5-3-4-19-22)16(20-27-12)17(24)18-8-13-9-21(6-7-25-2)15(23)11-26-13/h3-5,13H,6-11H2,1-2H3,(H,18,24). The van der Waals surface area contributed by atoms with Gasteiger partial charge in [0.15, 0.2) is 5.69 Å². The van der Waals surface area contributed by atoms with Crippen LogP contribution in [0.25, 0.3) is 0 Å². The van der Waals surface area contributed by atoms with Gasteiger partial charge < -0.3 is 24.2 Å². The first-order valence-electron chi connectivity index (χ1n) is 8.67. The van der Waals surface area contributed by atoms with Gasteiger partial charge in [0.2, 0.25) is 5.91 Å².